The number of hydrogen-bond donors (Lipinski definition) is 3. The van der Waals surface area contributed by atoms with Crippen LogP contribution < -0.4 is 4.72 Å². The molecule has 0 saturated heterocycles. The van der Waals surface area contributed by atoms with Crippen LogP contribution in [0.15, 0.2) is 23.4 Å². The summed E-state index contributed by atoms with van der Waals surface area (Å²) in [4.78, 5) is 24.9. The second-order valence-electron chi connectivity index (χ2n) is 4.58. The van der Waals surface area contributed by atoms with E-state index in [4.69, 9.17) is 10.2 Å². The van der Waals surface area contributed by atoms with Crippen molar-refractivity contribution >= 4 is 22.0 Å². The van der Waals surface area contributed by atoms with Crippen molar-refractivity contribution < 1.29 is 28.2 Å². The van der Waals surface area contributed by atoms with Crippen LogP contribution in [0, 0.1) is 5.92 Å². The molecule has 0 aliphatic rings. The van der Waals surface area contributed by atoms with Crippen LogP contribution in [-0.2, 0) is 14.8 Å². The number of carbonyl (C=O) groups is 2. The van der Waals surface area contributed by atoms with E-state index in [2.05, 4.69) is 9.71 Å². The molecule has 116 valence electrons. The molecule has 0 fully saturated rings. The minimum absolute atomic E-state index is 0.0471. The highest BCUT2D eigenvalue weighted by atomic mass is 32.2. The van der Waals surface area contributed by atoms with E-state index < -0.39 is 22.0 Å². The minimum atomic E-state index is -3.91. The summed E-state index contributed by atoms with van der Waals surface area (Å²) in [6, 6.07) is 2.15. The summed E-state index contributed by atoms with van der Waals surface area (Å²) in [7, 11) is -3.91. The molecule has 0 radical (unpaired) electrons. The molecule has 1 unspecified atom stereocenters. The monoisotopic (exact) mass is 316 g/mol. The Morgan fingerprint density at radius 2 is 2.05 bits per heavy atom. The molecule has 0 spiro atoms. The van der Waals surface area contributed by atoms with Crippen LogP contribution in [0.3, 0.4) is 0 Å². The molecule has 0 aliphatic heterocycles. The van der Waals surface area contributed by atoms with Crippen LogP contribution >= 0.6 is 0 Å². The third-order valence-corrected chi connectivity index (χ3v) is 4.07. The van der Waals surface area contributed by atoms with Crippen molar-refractivity contribution in [3.05, 3.63) is 23.9 Å². The molecule has 0 aliphatic carbocycles. The van der Waals surface area contributed by atoms with Gasteiger partial charge in [0.2, 0.25) is 0 Å². The van der Waals surface area contributed by atoms with E-state index in [9.17, 15) is 18.0 Å². The summed E-state index contributed by atoms with van der Waals surface area (Å²) in [6.07, 6.45) is 1.41. The summed E-state index contributed by atoms with van der Waals surface area (Å²) in [6.45, 7) is 1.75. The fraction of sp³-hybridized carbons (Fsp3) is 0.417. The molecular formula is C12H16N2O6S. The molecule has 21 heavy (non-hydrogen) atoms. The van der Waals surface area contributed by atoms with Crippen molar-refractivity contribution in [3.8, 4) is 0 Å². The molecule has 3 N–H and O–H groups in total. The van der Waals surface area contributed by atoms with E-state index in [1.54, 1.807) is 6.92 Å². The van der Waals surface area contributed by atoms with Crippen molar-refractivity contribution in [1.29, 1.82) is 0 Å². The standard InChI is InChI=1S/C12H16N2O6S/c1-8(6-11(15)16)2-5-14-21(19,20)10-7-9(12(17)18)3-4-13-10/h3-4,7-8,14H,2,5-6H2,1H3,(H,15,16)(H,17,18). The van der Waals surface area contributed by atoms with Gasteiger partial charge < -0.3 is 10.2 Å². The first kappa shape index (κ1) is 17.1. The van der Waals surface area contributed by atoms with Gasteiger partial charge in [-0.05, 0) is 24.5 Å². The number of aromatic carboxylic acids is 1. The maximum atomic E-state index is 11.9. The zero-order valence-corrected chi connectivity index (χ0v) is 12.1. The molecule has 0 aromatic carbocycles. The lowest BCUT2D eigenvalue weighted by molar-refractivity contribution is -0.138. The lowest BCUT2D eigenvalue weighted by Gasteiger charge is -2.10. The summed E-state index contributed by atoms with van der Waals surface area (Å²) in [5.41, 5.74) is -0.176. The molecule has 9 heteroatoms. The van der Waals surface area contributed by atoms with Crippen molar-refractivity contribution in [2.75, 3.05) is 6.54 Å². The van der Waals surface area contributed by atoms with Crippen molar-refractivity contribution in [2.24, 2.45) is 5.92 Å². The van der Waals surface area contributed by atoms with Crippen LogP contribution in [0.25, 0.3) is 0 Å². The van der Waals surface area contributed by atoms with E-state index in [1.165, 1.54) is 6.07 Å². The summed E-state index contributed by atoms with van der Waals surface area (Å²) < 4.78 is 26.1. The highest BCUT2D eigenvalue weighted by Crippen LogP contribution is 2.10. The molecule has 1 aromatic rings. The second-order valence-corrected chi connectivity index (χ2v) is 6.29. The minimum Gasteiger partial charge on any atom is -0.481 e. The smallest absolute Gasteiger partial charge is 0.335 e. The predicted molar refractivity (Wildman–Crippen MR) is 72.4 cm³/mol. The summed E-state index contributed by atoms with van der Waals surface area (Å²) in [5, 5.41) is 17.0. The number of carboxylic acid groups (broad SMARTS) is 2. The van der Waals surface area contributed by atoms with Gasteiger partial charge in [0.1, 0.15) is 0 Å². The maximum absolute atomic E-state index is 11.9. The molecule has 0 amide bonds. The van der Waals surface area contributed by atoms with Crippen LogP contribution in [-0.4, -0.2) is 42.1 Å². The highest BCUT2D eigenvalue weighted by molar-refractivity contribution is 7.89. The maximum Gasteiger partial charge on any atom is 0.335 e. The van der Waals surface area contributed by atoms with Gasteiger partial charge in [0.05, 0.1) is 5.56 Å². The van der Waals surface area contributed by atoms with Gasteiger partial charge in [-0.15, -0.1) is 0 Å². The van der Waals surface area contributed by atoms with E-state index >= 15 is 0 Å². The zero-order chi connectivity index (χ0) is 16.0. The SMILES string of the molecule is CC(CCNS(=O)(=O)c1cc(C(=O)O)ccn1)CC(=O)O. The van der Waals surface area contributed by atoms with Gasteiger partial charge in [0.25, 0.3) is 10.0 Å². The number of hydrogen-bond acceptors (Lipinski definition) is 5. The van der Waals surface area contributed by atoms with Crippen LogP contribution in [0.5, 0.6) is 0 Å². The quantitative estimate of drug-likeness (QED) is 0.638. The Morgan fingerprint density at radius 3 is 2.62 bits per heavy atom. The first-order valence-corrected chi connectivity index (χ1v) is 7.61. The second kappa shape index (κ2) is 7.14. The molecule has 0 bridgehead atoms. The van der Waals surface area contributed by atoms with Crippen molar-refractivity contribution in [3.63, 3.8) is 0 Å². The molecule has 1 aromatic heterocycles. The fourth-order valence-corrected chi connectivity index (χ4v) is 2.62. The molecule has 8 nitrogen and oxygen atoms in total. The average Bonchev–Trinajstić information content (AvgIpc) is 2.37. The van der Waals surface area contributed by atoms with E-state index in [0.29, 0.717) is 6.42 Å². The molecule has 1 heterocycles. The topological polar surface area (TPSA) is 134 Å². The Hall–Kier alpha value is -2.00. The number of carboxylic acids is 2. The number of nitrogens with zero attached hydrogens (tertiary/aromatic N) is 1. The van der Waals surface area contributed by atoms with Crippen LogP contribution in [0.2, 0.25) is 0 Å². The Balaban J connectivity index is 2.67. The Kier molecular flexibility index (Phi) is 5.79. The zero-order valence-electron chi connectivity index (χ0n) is 11.3. The molecule has 0 saturated carbocycles. The average molecular weight is 316 g/mol. The fourth-order valence-electron chi connectivity index (χ4n) is 1.60. The number of pyridine rings is 1. The summed E-state index contributed by atoms with van der Waals surface area (Å²) >= 11 is 0. The van der Waals surface area contributed by atoms with Gasteiger partial charge in [-0.2, -0.15) is 0 Å². The lowest BCUT2D eigenvalue weighted by atomic mass is 10.0. The Bertz CT molecular complexity index is 628. The number of nitrogens with one attached hydrogen (secondary N) is 1. The van der Waals surface area contributed by atoms with Gasteiger partial charge in [0, 0.05) is 19.2 Å². The van der Waals surface area contributed by atoms with Crippen molar-refractivity contribution in [2.45, 2.75) is 24.8 Å². The molecular weight excluding hydrogens is 300 g/mol. The Morgan fingerprint density at radius 1 is 1.38 bits per heavy atom. The van der Waals surface area contributed by atoms with Crippen LogP contribution in [0.1, 0.15) is 30.1 Å². The van der Waals surface area contributed by atoms with E-state index in [0.717, 1.165) is 12.3 Å². The van der Waals surface area contributed by atoms with Gasteiger partial charge in [-0.25, -0.2) is 22.9 Å². The number of sulfonamides is 1. The number of rotatable bonds is 8. The predicted octanol–water partition coefficient (Wildman–Crippen LogP) is 0.559. The third kappa shape index (κ3) is 5.48. The summed E-state index contributed by atoms with van der Waals surface area (Å²) in [5.74, 6) is -2.37. The number of aromatic nitrogens is 1. The largest absolute Gasteiger partial charge is 0.481 e. The van der Waals surface area contributed by atoms with Gasteiger partial charge in [0.15, 0.2) is 5.03 Å². The third-order valence-electron chi connectivity index (χ3n) is 2.71. The van der Waals surface area contributed by atoms with Crippen molar-refractivity contribution in [1.82, 2.24) is 9.71 Å². The lowest BCUT2D eigenvalue weighted by Crippen LogP contribution is -2.27. The number of aliphatic carboxylic acids is 1. The first-order valence-electron chi connectivity index (χ1n) is 6.13. The molecule has 1 rings (SSSR count). The highest BCUT2D eigenvalue weighted by Gasteiger charge is 2.18. The van der Waals surface area contributed by atoms with Gasteiger partial charge >= 0.3 is 11.9 Å². The van der Waals surface area contributed by atoms with Gasteiger partial charge in [-0.1, -0.05) is 6.92 Å². The van der Waals surface area contributed by atoms with Crippen LogP contribution in [0.4, 0.5) is 0 Å². The first-order chi connectivity index (χ1) is 9.72. The molecule has 1 atom stereocenters. The van der Waals surface area contributed by atoms with E-state index in [1.807, 2.05) is 0 Å². The van der Waals surface area contributed by atoms with Gasteiger partial charge in [-0.3, -0.25) is 4.79 Å². The normalized spacial score (nSPS) is 12.8. The van der Waals surface area contributed by atoms with E-state index in [-0.39, 0.29) is 29.5 Å². The Labute approximate surface area is 121 Å².